The number of primary amides is 1. The number of nitrogens with two attached hydrogens (primary N) is 1. The number of rotatable bonds is 4. The maximum Gasteiger partial charge on any atom is 0.248 e. The van der Waals surface area contributed by atoms with Crippen LogP contribution in [0.5, 0.6) is 0 Å². The molecule has 0 aliphatic carbocycles. The van der Waals surface area contributed by atoms with Crippen molar-refractivity contribution in [3.63, 3.8) is 0 Å². The molecule has 0 radical (unpaired) electrons. The number of ether oxygens (including phenoxy) is 1. The molecule has 86 valence electrons. The van der Waals surface area contributed by atoms with E-state index in [1.807, 2.05) is 6.07 Å². The zero-order chi connectivity index (χ0) is 11.5. The smallest absolute Gasteiger partial charge is 0.248 e. The first-order valence-electron chi connectivity index (χ1n) is 5.06. The Balaban J connectivity index is 2.00. The third-order valence-electron chi connectivity index (χ3n) is 2.56. The van der Waals surface area contributed by atoms with Crippen molar-refractivity contribution in [2.24, 2.45) is 5.73 Å². The molecular formula is C11H13ClN2O2. The van der Waals surface area contributed by atoms with E-state index in [9.17, 15) is 4.79 Å². The van der Waals surface area contributed by atoms with Gasteiger partial charge in [0.15, 0.2) is 0 Å². The molecule has 1 aliphatic rings. The highest BCUT2D eigenvalue weighted by Gasteiger charge is 2.17. The molecule has 1 aromatic carbocycles. The molecule has 16 heavy (non-hydrogen) atoms. The number of carbonyl (C=O) groups is 1. The van der Waals surface area contributed by atoms with E-state index in [4.69, 9.17) is 22.1 Å². The predicted molar refractivity (Wildman–Crippen MR) is 61.4 cm³/mol. The first-order valence-corrected chi connectivity index (χ1v) is 5.44. The Bertz CT molecular complexity index is 405. The fourth-order valence-electron chi connectivity index (χ4n) is 1.45. The number of hydrogen-bond acceptors (Lipinski definition) is 3. The van der Waals surface area contributed by atoms with Crippen molar-refractivity contribution in [3.05, 3.63) is 34.3 Å². The Morgan fingerprint density at radius 1 is 1.56 bits per heavy atom. The Morgan fingerprint density at radius 3 is 2.81 bits per heavy atom. The number of halogens is 1. The topological polar surface area (TPSA) is 64.4 Å². The number of nitrogens with one attached hydrogen (secondary N) is 1. The fraction of sp³-hybridized carbons (Fsp3) is 0.364. The van der Waals surface area contributed by atoms with E-state index in [-0.39, 0.29) is 0 Å². The Labute approximate surface area is 98.7 Å². The number of hydrogen-bond donors (Lipinski definition) is 2. The molecule has 2 rings (SSSR count). The van der Waals surface area contributed by atoms with Crippen LogP contribution in [0.15, 0.2) is 18.2 Å². The highest BCUT2D eigenvalue weighted by Crippen LogP contribution is 2.18. The van der Waals surface area contributed by atoms with Gasteiger partial charge in [-0.05, 0) is 17.7 Å². The van der Waals surface area contributed by atoms with E-state index in [0.29, 0.717) is 23.2 Å². The van der Waals surface area contributed by atoms with Crippen molar-refractivity contribution in [2.75, 3.05) is 13.2 Å². The third kappa shape index (κ3) is 2.52. The highest BCUT2D eigenvalue weighted by atomic mass is 35.5. The van der Waals surface area contributed by atoms with Crippen LogP contribution in [0.1, 0.15) is 15.9 Å². The third-order valence-corrected chi connectivity index (χ3v) is 2.91. The summed E-state index contributed by atoms with van der Waals surface area (Å²) in [5.41, 5.74) is 6.54. The van der Waals surface area contributed by atoms with E-state index in [1.54, 1.807) is 12.1 Å². The second-order valence-electron chi connectivity index (χ2n) is 3.79. The standard InChI is InChI=1S/C11H13ClN2O2/c12-10-3-7(11(13)15)1-2-8(10)4-14-9-5-16-6-9/h1-3,9,14H,4-6H2,(H2,13,15). The SMILES string of the molecule is NC(=O)c1ccc(CNC2COC2)c(Cl)c1. The molecular weight excluding hydrogens is 228 g/mol. The Kier molecular flexibility index (Phi) is 3.43. The molecule has 1 fully saturated rings. The summed E-state index contributed by atoms with van der Waals surface area (Å²) in [6.07, 6.45) is 0. The van der Waals surface area contributed by atoms with Gasteiger partial charge in [0.25, 0.3) is 0 Å². The lowest BCUT2D eigenvalue weighted by molar-refractivity contribution is -0.00578. The molecule has 1 aromatic rings. The van der Waals surface area contributed by atoms with Gasteiger partial charge in [-0.25, -0.2) is 0 Å². The Morgan fingerprint density at radius 2 is 2.31 bits per heavy atom. The van der Waals surface area contributed by atoms with Crippen LogP contribution in [0.4, 0.5) is 0 Å². The zero-order valence-corrected chi connectivity index (χ0v) is 9.46. The van der Waals surface area contributed by atoms with E-state index < -0.39 is 5.91 Å². The van der Waals surface area contributed by atoms with Crippen LogP contribution in [-0.2, 0) is 11.3 Å². The van der Waals surface area contributed by atoms with Crippen molar-refractivity contribution in [2.45, 2.75) is 12.6 Å². The molecule has 1 aliphatic heterocycles. The van der Waals surface area contributed by atoms with E-state index in [0.717, 1.165) is 18.8 Å². The van der Waals surface area contributed by atoms with Crippen molar-refractivity contribution >= 4 is 17.5 Å². The number of carbonyl (C=O) groups excluding carboxylic acids is 1. The number of amides is 1. The maximum absolute atomic E-state index is 10.9. The summed E-state index contributed by atoms with van der Waals surface area (Å²) in [6.45, 7) is 2.17. The van der Waals surface area contributed by atoms with Crippen LogP contribution < -0.4 is 11.1 Å². The second-order valence-corrected chi connectivity index (χ2v) is 4.19. The summed E-state index contributed by atoms with van der Waals surface area (Å²) in [5.74, 6) is -0.464. The van der Waals surface area contributed by atoms with Crippen molar-refractivity contribution in [1.82, 2.24) is 5.32 Å². The van der Waals surface area contributed by atoms with Crippen LogP contribution in [0, 0.1) is 0 Å². The van der Waals surface area contributed by atoms with Crippen LogP contribution in [0.2, 0.25) is 5.02 Å². The van der Waals surface area contributed by atoms with E-state index in [1.165, 1.54) is 0 Å². The zero-order valence-electron chi connectivity index (χ0n) is 8.70. The fourth-order valence-corrected chi connectivity index (χ4v) is 1.70. The molecule has 0 atom stereocenters. The Hall–Kier alpha value is -1.10. The largest absolute Gasteiger partial charge is 0.378 e. The first-order chi connectivity index (χ1) is 7.66. The molecule has 4 nitrogen and oxygen atoms in total. The van der Waals surface area contributed by atoms with Crippen LogP contribution >= 0.6 is 11.6 Å². The van der Waals surface area contributed by atoms with Gasteiger partial charge in [0.1, 0.15) is 0 Å². The molecule has 1 amide bonds. The first kappa shape index (κ1) is 11.4. The van der Waals surface area contributed by atoms with Gasteiger partial charge >= 0.3 is 0 Å². The summed E-state index contributed by atoms with van der Waals surface area (Å²) in [7, 11) is 0. The summed E-state index contributed by atoms with van der Waals surface area (Å²) in [5, 5.41) is 3.86. The van der Waals surface area contributed by atoms with Gasteiger partial charge in [-0.15, -0.1) is 0 Å². The monoisotopic (exact) mass is 240 g/mol. The van der Waals surface area contributed by atoms with Gasteiger partial charge in [0.2, 0.25) is 5.91 Å². The van der Waals surface area contributed by atoms with Gasteiger partial charge in [0, 0.05) is 17.1 Å². The molecule has 5 heteroatoms. The predicted octanol–water partition coefficient (Wildman–Crippen LogP) is 0.927. The minimum Gasteiger partial charge on any atom is -0.378 e. The lowest BCUT2D eigenvalue weighted by Crippen LogP contribution is -2.45. The van der Waals surface area contributed by atoms with Gasteiger partial charge in [-0.3, -0.25) is 4.79 Å². The average Bonchev–Trinajstić information content (AvgIpc) is 2.17. The van der Waals surface area contributed by atoms with Crippen LogP contribution in [-0.4, -0.2) is 25.2 Å². The van der Waals surface area contributed by atoms with Gasteiger partial charge < -0.3 is 15.8 Å². The minimum absolute atomic E-state index is 0.409. The van der Waals surface area contributed by atoms with Crippen molar-refractivity contribution < 1.29 is 9.53 Å². The highest BCUT2D eigenvalue weighted by molar-refractivity contribution is 6.31. The molecule has 1 heterocycles. The minimum atomic E-state index is -0.464. The number of benzene rings is 1. The van der Waals surface area contributed by atoms with Gasteiger partial charge in [-0.2, -0.15) is 0 Å². The summed E-state index contributed by atoms with van der Waals surface area (Å²) in [4.78, 5) is 10.9. The van der Waals surface area contributed by atoms with E-state index in [2.05, 4.69) is 5.32 Å². The molecule has 0 spiro atoms. The molecule has 0 unspecified atom stereocenters. The van der Waals surface area contributed by atoms with Crippen LogP contribution in [0.3, 0.4) is 0 Å². The lowest BCUT2D eigenvalue weighted by atomic mass is 10.1. The molecule has 0 aromatic heterocycles. The second kappa shape index (κ2) is 4.82. The quantitative estimate of drug-likeness (QED) is 0.823. The van der Waals surface area contributed by atoms with Crippen LogP contribution in [0.25, 0.3) is 0 Å². The summed E-state index contributed by atoms with van der Waals surface area (Å²) >= 11 is 6.04. The molecule has 0 saturated carbocycles. The molecule has 1 saturated heterocycles. The molecule has 3 N–H and O–H groups in total. The van der Waals surface area contributed by atoms with Gasteiger partial charge in [0.05, 0.1) is 19.3 Å². The molecule has 0 bridgehead atoms. The normalized spacial score (nSPS) is 15.8. The average molecular weight is 241 g/mol. The lowest BCUT2D eigenvalue weighted by Gasteiger charge is -2.27. The summed E-state index contributed by atoms with van der Waals surface area (Å²) in [6, 6.07) is 5.50. The van der Waals surface area contributed by atoms with E-state index >= 15 is 0 Å². The van der Waals surface area contributed by atoms with Gasteiger partial charge in [-0.1, -0.05) is 17.7 Å². The maximum atomic E-state index is 10.9. The van der Waals surface area contributed by atoms with Crippen molar-refractivity contribution in [1.29, 1.82) is 0 Å². The van der Waals surface area contributed by atoms with Crippen molar-refractivity contribution in [3.8, 4) is 0 Å². The summed E-state index contributed by atoms with van der Waals surface area (Å²) < 4.78 is 5.05.